The van der Waals surface area contributed by atoms with Crippen LogP contribution in [0.1, 0.15) is 34.8 Å². The Morgan fingerprint density at radius 2 is 1.87 bits per heavy atom. The number of aromatic carboxylic acids is 1. The third kappa shape index (κ3) is 4.60. The topological polar surface area (TPSA) is 105 Å². The van der Waals surface area contributed by atoms with Gasteiger partial charge in [-0.25, -0.2) is 9.59 Å². The zero-order valence-electron chi connectivity index (χ0n) is 16.7. The smallest absolute Gasteiger partial charge is 0.335 e. The average Bonchev–Trinajstić information content (AvgIpc) is 3.00. The van der Waals surface area contributed by atoms with Crippen LogP contribution in [0.5, 0.6) is 11.5 Å². The van der Waals surface area contributed by atoms with Crippen LogP contribution < -0.4 is 14.8 Å². The number of carbonyl (C=O) groups excluding carboxylic acids is 2. The number of carboxylic acids is 1. The number of methoxy groups -OCH3 is 1. The zero-order chi connectivity index (χ0) is 21.7. The van der Waals surface area contributed by atoms with E-state index in [1.54, 1.807) is 36.4 Å². The van der Waals surface area contributed by atoms with Gasteiger partial charge in [0.05, 0.1) is 12.7 Å². The van der Waals surface area contributed by atoms with Crippen molar-refractivity contribution in [1.29, 1.82) is 0 Å². The average molecular weight is 410 g/mol. The van der Waals surface area contributed by atoms with Crippen LogP contribution in [-0.4, -0.2) is 41.6 Å². The van der Waals surface area contributed by atoms with Gasteiger partial charge in [-0.2, -0.15) is 0 Å². The second kappa shape index (κ2) is 9.13. The van der Waals surface area contributed by atoms with Crippen LogP contribution in [0.25, 0.3) is 6.08 Å². The maximum absolute atomic E-state index is 12.3. The van der Waals surface area contributed by atoms with Gasteiger partial charge in [-0.3, -0.25) is 9.69 Å². The van der Waals surface area contributed by atoms with Crippen LogP contribution in [0.15, 0.2) is 48.2 Å². The van der Waals surface area contributed by atoms with Crippen molar-refractivity contribution < 1.29 is 29.0 Å². The molecule has 0 unspecified atom stereocenters. The van der Waals surface area contributed by atoms with Gasteiger partial charge in [0, 0.05) is 6.54 Å². The van der Waals surface area contributed by atoms with Crippen molar-refractivity contribution in [2.45, 2.75) is 20.0 Å². The molecule has 156 valence electrons. The molecular formula is C22H22N2O6. The van der Waals surface area contributed by atoms with Crippen LogP contribution in [0, 0.1) is 0 Å². The summed E-state index contributed by atoms with van der Waals surface area (Å²) in [5, 5.41) is 11.5. The normalized spacial score (nSPS) is 14.7. The second-order valence-corrected chi connectivity index (χ2v) is 6.65. The van der Waals surface area contributed by atoms with E-state index in [1.807, 2.05) is 6.92 Å². The number of urea groups is 1. The van der Waals surface area contributed by atoms with Gasteiger partial charge in [-0.15, -0.1) is 0 Å². The number of carboxylic acid groups (broad SMARTS) is 1. The molecule has 1 aliphatic rings. The van der Waals surface area contributed by atoms with Crippen molar-refractivity contribution in [2.24, 2.45) is 0 Å². The first-order chi connectivity index (χ1) is 14.4. The Morgan fingerprint density at radius 1 is 1.13 bits per heavy atom. The number of benzene rings is 2. The number of nitrogens with one attached hydrogen (secondary N) is 1. The molecule has 0 saturated carbocycles. The first kappa shape index (κ1) is 20.9. The standard InChI is InChI=1S/C22H22N2O6/c1-3-10-24-20(25)17(23-22(24)28)11-15-6-9-18(19(12-15)29-2)30-13-14-4-7-16(8-5-14)21(26)27/h4-9,11-12H,3,10,13H2,1-2H3,(H,23,28)(H,26,27). The molecule has 2 aromatic carbocycles. The van der Waals surface area contributed by atoms with Crippen molar-refractivity contribution in [2.75, 3.05) is 13.7 Å². The van der Waals surface area contributed by atoms with Crippen LogP contribution in [-0.2, 0) is 11.4 Å². The first-order valence-electron chi connectivity index (χ1n) is 9.40. The van der Waals surface area contributed by atoms with Gasteiger partial charge in [0.2, 0.25) is 0 Å². The fourth-order valence-electron chi connectivity index (χ4n) is 2.96. The van der Waals surface area contributed by atoms with Gasteiger partial charge in [0.1, 0.15) is 12.3 Å². The second-order valence-electron chi connectivity index (χ2n) is 6.65. The number of hydrogen-bond acceptors (Lipinski definition) is 5. The number of imide groups is 1. The maximum atomic E-state index is 12.3. The van der Waals surface area contributed by atoms with Gasteiger partial charge < -0.3 is 19.9 Å². The summed E-state index contributed by atoms with van der Waals surface area (Å²) in [6.45, 7) is 2.50. The monoisotopic (exact) mass is 410 g/mol. The lowest BCUT2D eigenvalue weighted by Crippen LogP contribution is -2.31. The highest BCUT2D eigenvalue weighted by atomic mass is 16.5. The van der Waals surface area contributed by atoms with E-state index in [4.69, 9.17) is 14.6 Å². The molecule has 8 heteroatoms. The zero-order valence-corrected chi connectivity index (χ0v) is 16.7. The number of rotatable bonds is 8. The molecule has 8 nitrogen and oxygen atoms in total. The molecule has 3 rings (SSSR count). The highest BCUT2D eigenvalue weighted by Gasteiger charge is 2.32. The summed E-state index contributed by atoms with van der Waals surface area (Å²) in [7, 11) is 1.51. The molecule has 0 spiro atoms. The summed E-state index contributed by atoms with van der Waals surface area (Å²) in [4.78, 5) is 36.3. The lowest BCUT2D eigenvalue weighted by Gasteiger charge is -2.12. The predicted molar refractivity (Wildman–Crippen MR) is 109 cm³/mol. The summed E-state index contributed by atoms with van der Waals surface area (Å²) >= 11 is 0. The molecule has 0 radical (unpaired) electrons. The Kier molecular flexibility index (Phi) is 6.36. The van der Waals surface area contributed by atoms with Crippen LogP contribution in [0.2, 0.25) is 0 Å². The third-order valence-corrected chi connectivity index (χ3v) is 4.50. The molecule has 0 aromatic heterocycles. The van der Waals surface area contributed by atoms with Crippen molar-refractivity contribution in [3.63, 3.8) is 0 Å². The van der Waals surface area contributed by atoms with Gasteiger partial charge in [-0.05, 0) is 47.9 Å². The quantitative estimate of drug-likeness (QED) is 0.511. The fraction of sp³-hybridized carbons (Fsp3) is 0.227. The fourth-order valence-corrected chi connectivity index (χ4v) is 2.96. The van der Waals surface area contributed by atoms with Crippen LogP contribution in [0.4, 0.5) is 4.79 Å². The van der Waals surface area contributed by atoms with Crippen molar-refractivity contribution >= 4 is 24.0 Å². The number of amides is 3. The Balaban J connectivity index is 1.73. The highest BCUT2D eigenvalue weighted by molar-refractivity contribution is 6.13. The van der Waals surface area contributed by atoms with E-state index >= 15 is 0 Å². The van der Waals surface area contributed by atoms with Gasteiger partial charge in [0.15, 0.2) is 11.5 Å². The number of carbonyl (C=O) groups is 3. The molecule has 2 aromatic rings. The van der Waals surface area contributed by atoms with Crippen molar-refractivity contribution in [3.05, 3.63) is 64.9 Å². The van der Waals surface area contributed by atoms with E-state index in [0.29, 0.717) is 30.0 Å². The predicted octanol–water partition coefficient (Wildman–Crippen LogP) is 3.28. The summed E-state index contributed by atoms with van der Waals surface area (Å²) in [6.07, 6.45) is 2.28. The highest BCUT2D eigenvalue weighted by Crippen LogP contribution is 2.30. The van der Waals surface area contributed by atoms with E-state index in [-0.39, 0.29) is 23.8 Å². The van der Waals surface area contributed by atoms with Gasteiger partial charge >= 0.3 is 12.0 Å². The molecule has 1 aliphatic heterocycles. The Bertz CT molecular complexity index is 997. The van der Waals surface area contributed by atoms with E-state index in [1.165, 1.54) is 24.1 Å². The van der Waals surface area contributed by atoms with Crippen LogP contribution in [0.3, 0.4) is 0 Å². The SMILES string of the molecule is CCCN1C(=O)NC(=Cc2ccc(OCc3ccc(C(=O)O)cc3)c(OC)c2)C1=O. The Hall–Kier alpha value is -3.81. The minimum Gasteiger partial charge on any atom is -0.493 e. The van der Waals surface area contributed by atoms with Crippen molar-refractivity contribution in [3.8, 4) is 11.5 Å². The van der Waals surface area contributed by atoms with E-state index < -0.39 is 12.0 Å². The molecule has 0 bridgehead atoms. The molecular weight excluding hydrogens is 388 g/mol. The first-order valence-corrected chi connectivity index (χ1v) is 9.40. The number of hydrogen-bond donors (Lipinski definition) is 2. The molecule has 0 aliphatic carbocycles. The van der Waals surface area contributed by atoms with Gasteiger partial charge in [-0.1, -0.05) is 25.1 Å². The summed E-state index contributed by atoms with van der Waals surface area (Å²) < 4.78 is 11.2. The lowest BCUT2D eigenvalue weighted by atomic mass is 10.1. The maximum Gasteiger partial charge on any atom is 0.335 e. The van der Waals surface area contributed by atoms with Crippen molar-refractivity contribution in [1.82, 2.24) is 10.2 Å². The Labute approximate surface area is 173 Å². The Morgan fingerprint density at radius 3 is 2.50 bits per heavy atom. The summed E-state index contributed by atoms with van der Waals surface area (Å²) in [5.41, 5.74) is 1.90. The largest absolute Gasteiger partial charge is 0.493 e. The molecule has 30 heavy (non-hydrogen) atoms. The molecule has 1 saturated heterocycles. The lowest BCUT2D eigenvalue weighted by molar-refractivity contribution is -0.122. The molecule has 0 atom stereocenters. The minimum atomic E-state index is -0.983. The third-order valence-electron chi connectivity index (χ3n) is 4.50. The number of ether oxygens (including phenoxy) is 2. The molecule has 1 heterocycles. The summed E-state index contributed by atoms with van der Waals surface area (Å²) in [5.74, 6) is -0.375. The van der Waals surface area contributed by atoms with Gasteiger partial charge in [0.25, 0.3) is 5.91 Å². The van der Waals surface area contributed by atoms with Crippen LogP contribution >= 0.6 is 0 Å². The summed E-state index contributed by atoms with van der Waals surface area (Å²) in [6, 6.07) is 11.1. The molecule has 3 amide bonds. The van der Waals surface area contributed by atoms with E-state index in [2.05, 4.69) is 5.32 Å². The number of nitrogens with zero attached hydrogens (tertiary/aromatic N) is 1. The van der Waals surface area contributed by atoms with E-state index in [9.17, 15) is 14.4 Å². The van der Waals surface area contributed by atoms with E-state index in [0.717, 1.165) is 5.56 Å². The molecule has 1 fully saturated rings. The minimum absolute atomic E-state index is 0.208. The molecule has 2 N–H and O–H groups in total.